The molecule has 0 aliphatic heterocycles. The highest BCUT2D eigenvalue weighted by atomic mass is 32.2. The van der Waals surface area contributed by atoms with Gasteiger partial charge in [0, 0.05) is 12.7 Å². The lowest BCUT2D eigenvalue weighted by atomic mass is 10.0. The van der Waals surface area contributed by atoms with Crippen LogP contribution in [0.25, 0.3) is 0 Å². The third kappa shape index (κ3) is 2.60. The molecule has 5 heteroatoms. The van der Waals surface area contributed by atoms with E-state index < -0.39 is 20.7 Å². The van der Waals surface area contributed by atoms with Crippen LogP contribution in [0.2, 0.25) is 0 Å². The lowest BCUT2D eigenvalue weighted by molar-refractivity contribution is 0.137. The van der Waals surface area contributed by atoms with Crippen molar-refractivity contribution in [2.75, 3.05) is 6.26 Å². The molecule has 0 amide bonds. The second-order valence-corrected chi connectivity index (χ2v) is 6.82. The van der Waals surface area contributed by atoms with Gasteiger partial charge in [0.15, 0.2) is 9.84 Å². The van der Waals surface area contributed by atoms with E-state index >= 15 is 0 Å². The Morgan fingerprint density at radius 3 is 2.53 bits per heavy atom. The molecule has 4 nitrogen and oxygen atoms in total. The molecule has 0 spiro atoms. The van der Waals surface area contributed by atoms with Crippen LogP contribution >= 0.6 is 0 Å². The molecule has 1 aromatic heterocycles. The van der Waals surface area contributed by atoms with Crippen molar-refractivity contribution in [3.63, 3.8) is 0 Å². The standard InChI is InChI=1S/C10H16O4S/c1-10(2,15(3,12)13)9(11)6-8-4-5-14-7-8/h4-5,7,9,11H,6H2,1-3H3. The van der Waals surface area contributed by atoms with E-state index in [4.69, 9.17) is 4.42 Å². The molecule has 1 heterocycles. The number of sulfone groups is 1. The van der Waals surface area contributed by atoms with Crippen molar-refractivity contribution in [3.8, 4) is 0 Å². The first-order valence-electron chi connectivity index (χ1n) is 4.64. The molecule has 1 atom stereocenters. The number of aliphatic hydroxyl groups is 1. The maximum Gasteiger partial charge on any atom is 0.155 e. The van der Waals surface area contributed by atoms with Gasteiger partial charge in [-0.05, 0) is 25.5 Å². The van der Waals surface area contributed by atoms with Crippen LogP contribution in [-0.4, -0.2) is 30.6 Å². The zero-order chi connectivity index (χ0) is 11.7. The Balaban J connectivity index is 2.81. The van der Waals surface area contributed by atoms with E-state index in [-0.39, 0.29) is 6.42 Å². The zero-order valence-corrected chi connectivity index (χ0v) is 9.91. The molecule has 0 bridgehead atoms. The van der Waals surface area contributed by atoms with Gasteiger partial charge in [-0.2, -0.15) is 0 Å². The molecule has 15 heavy (non-hydrogen) atoms. The molecular weight excluding hydrogens is 216 g/mol. The molecule has 1 aromatic rings. The van der Waals surface area contributed by atoms with Crippen LogP contribution in [0.4, 0.5) is 0 Å². The Labute approximate surface area is 89.8 Å². The summed E-state index contributed by atoms with van der Waals surface area (Å²) in [6.07, 6.45) is 3.46. The Kier molecular flexibility index (Phi) is 3.25. The minimum atomic E-state index is -3.29. The molecule has 0 fully saturated rings. The van der Waals surface area contributed by atoms with E-state index in [0.29, 0.717) is 0 Å². The lowest BCUT2D eigenvalue weighted by Gasteiger charge is -2.28. The van der Waals surface area contributed by atoms with Crippen molar-refractivity contribution in [2.24, 2.45) is 0 Å². The van der Waals surface area contributed by atoms with E-state index in [9.17, 15) is 13.5 Å². The summed E-state index contributed by atoms with van der Waals surface area (Å²) in [7, 11) is -3.29. The van der Waals surface area contributed by atoms with Gasteiger partial charge in [0.2, 0.25) is 0 Å². The Morgan fingerprint density at radius 1 is 1.53 bits per heavy atom. The second-order valence-electron chi connectivity index (χ2n) is 4.23. The van der Waals surface area contributed by atoms with Gasteiger partial charge in [0.25, 0.3) is 0 Å². The summed E-state index contributed by atoms with van der Waals surface area (Å²) in [5, 5.41) is 9.86. The van der Waals surface area contributed by atoms with Gasteiger partial charge in [-0.25, -0.2) is 8.42 Å². The first-order valence-corrected chi connectivity index (χ1v) is 6.53. The summed E-state index contributed by atoms with van der Waals surface area (Å²) in [5.41, 5.74) is 0.791. The molecule has 1 unspecified atom stereocenters. The third-order valence-corrected chi connectivity index (χ3v) is 4.95. The second kappa shape index (κ2) is 3.98. The van der Waals surface area contributed by atoms with Crippen LogP contribution in [-0.2, 0) is 16.3 Å². The van der Waals surface area contributed by atoms with Gasteiger partial charge in [-0.3, -0.25) is 0 Å². The van der Waals surface area contributed by atoms with E-state index in [0.717, 1.165) is 11.8 Å². The third-order valence-electron chi connectivity index (χ3n) is 2.77. The first-order chi connectivity index (χ1) is 6.75. The van der Waals surface area contributed by atoms with Crippen molar-refractivity contribution in [1.82, 2.24) is 0 Å². The van der Waals surface area contributed by atoms with Gasteiger partial charge in [-0.15, -0.1) is 0 Å². The van der Waals surface area contributed by atoms with E-state index in [1.807, 2.05) is 0 Å². The first kappa shape index (κ1) is 12.3. The van der Waals surface area contributed by atoms with Crippen molar-refractivity contribution in [2.45, 2.75) is 31.1 Å². The van der Waals surface area contributed by atoms with Crippen LogP contribution < -0.4 is 0 Å². The van der Waals surface area contributed by atoms with Crippen molar-refractivity contribution in [3.05, 3.63) is 24.2 Å². The number of aliphatic hydroxyl groups excluding tert-OH is 1. The highest BCUT2D eigenvalue weighted by Crippen LogP contribution is 2.23. The molecule has 0 radical (unpaired) electrons. The molecule has 1 rings (SSSR count). The fraction of sp³-hybridized carbons (Fsp3) is 0.600. The summed E-state index contributed by atoms with van der Waals surface area (Å²) < 4.78 is 26.6. The normalized spacial score (nSPS) is 15.2. The lowest BCUT2D eigenvalue weighted by Crippen LogP contribution is -2.44. The predicted octanol–water partition coefficient (Wildman–Crippen LogP) is 1.01. The molecule has 0 saturated heterocycles. The highest BCUT2D eigenvalue weighted by molar-refractivity contribution is 7.92. The molecular formula is C10H16O4S. The van der Waals surface area contributed by atoms with Crippen LogP contribution in [0.3, 0.4) is 0 Å². The highest BCUT2D eigenvalue weighted by Gasteiger charge is 2.37. The summed E-state index contributed by atoms with van der Waals surface area (Å²) in [6.45, 7) is 3.04. The number of hydrogen-bond donors (Lipinski definition) is 1. The molecule has 86 valence electrons. The van der Waals surface area contributed by atoms with Crippen LogP contribution in [0.15, 0.2) is 23.0 Å². The smallest absolute Gasteiger partial charge is 0.155 e. The average Bonchev–Trinajstić information content (AvgIpc) is 2.54. The Morgan fingerprint density at radius 2 is 2.13 bits per heavy atom. The number of hydrogen-bond acceptors (Lipinski definition) is 4. The van der Waals surface area contributed by atoms with Gasteiger partial charge >= 0.3 is 0 Å². The summed E-state index contributed by atoms with van der Waals surface area (Å²) in [6, 6.07) is 1.71. The summed E-state index contributed by atoms with van der Waals surface area (Å²) >= 11 is 0. The molecule has 0 aliphatic carbocycles. The largest absolute Gasteiger partial charge is 0.472 e. The predicted molar refractivity (Wildman–Crippen MR) is 57.3 cm³/mol. The fourth-order valence-electron chi connectivity index (χ4n) is 1.12. The van der Waals surface area contributed by atoms with Gasteiger partial charge in [0.1, 0.15) is 0 Å². The maximum atomic E-state index is 11.4. The van der Waals surface area contributed by atoms with Crippen molar-refractivity contribution in [1.29, 1.82) is 0 Å². The van der Waals surface area contributed by atoms with Crippen molar-refractivity contribution >= 4 is 9.84 Å². The van der Waals surface area contributed by atoms with Gasteiger partial charge in [-0.1, -0.05) is 0 Å². The minimum Gasteiger partial charge on any atom is -0.472 e. The zero-order valence-electron chi connectivity index (χ0n) is 9.10. The van der Waals surface area contributed by atoms with E-state index in [1.54, 1.807) is 6.07 Å². The van der Waals surface area contributed by atoms with Crippen LogP contribution in [0, 0.1) is 0 Å². The number of rotatable bonds is 4. The summed E-state index contributed by atoms with van der Waals surface area (Å²) in [4.78, 5) is 0. The average molecular weight is 232 g/mol. The van der Waals surface area contributed by atoms with Crippen LogP contribution in [0.5, 0.6) is 0 Å². The molecule has 0 aromatic carbocycles. The van der Waals surface area contributed by atoms with E-state index in [1.165, 1.54) is 26.4 Å². The summed E-state index contributed by atoms with van der Waals surface area (Å²) in [5.74, 6) is 0. The minimum absolute atomic E-state index is 0.274. The fourth-order valence-corrected chi connectivity index (χ4v) is 1.70. The van der Waals surface area contributed by atoms with Crippen LogP contribution in [0.1, 0.15) is 19.4 Å². The van der Waals surface area contributed by atoms with E-state index in [2.05, 4.69) is 0 Å². The maximum absolute atomic E-state index is 11.4. The quantitative estimate of drug-likeness (QED) is 0.841. The molecule has 0 saturated carbocycles. The molecule has 1 N–H and O–H groups in total. The Hall–Kier alpha value is -0.810. The molecule has 0 aliphatic rings. The van der Waals surface area contributed by atoms with Gasteiger partial charge in [0.05, 0.1) is 23.4 Å². The topological polar surface area (TPSA) is 67.5 Å². The Bertz CT molecular complexity index is 403. The SMILES string of the molecule is CC(C)(C(O)Cc1ccoc1)S(C)(=O)=O. The van der Waals surface area contributed by atoms with Crippen molar-refractivity contribution < 1.29 is 17.9 Å². The van der Waals surface area contributed by atoms with Gasteiger partial charge < -0.3 is 9.52 Å². The monoisotopic (exact) mass is 232 g/mol. The number of furan rings is 1.